The van der Waals surface area contributed by atoms with Gasteiger partial charge in [0.25, 0.3) is 5.91 Å². The Morgan fingerprint density at radius 3 is 2.08 bits per heavy atom. The number of carbonyl (C=O) groups excluding carboxylic acids is 1. The maximum Gasteiger partial charge on any atom is 0.266 e. The second-order valence-corrected chi connectivity index (χ2v) is 10.2. The minimum absolute atomic E-state index is 0.0948. The molecule has 0 saturated carbocycles. The van der Waals surface area contributed by atoms with Gasteiger partial charge in [0.15, 0.2) is 0 Å². The molecule has 1 aromatic carbocycles. The van der Waals surface area contributed by atoms with Gasteiger partial charge in [0.05, 0.1) is 4.91 Å². The summed E-state index contributed by atoms with van der Waals surface area (Å²) in [5.74, 6) is 0.240. The summed E-state index contributed by atoms with van der Waals surface area (Å²) in [5, 5.41) is 10.8. The summed E-state index contributed by atoms with van der Waals surface area (Å²) in [4.78, 5) is 14.7. The molecule has 1 saturated heterocycles. The molecular weight excluding hydrogens is 362 g/mol. The zero-order valence-electron chi connectivity index (χ0n) is 16.3. The Bertz CT molecular complexity index is 760. The van der Waals surface area contributed by atoms with E-state index in [1.807, 2.05) is 18.2 Å². The van der Waals surface area contributed by atoms with Crippen LogP contribution in [0.5, 0.6) is 5.75 Å². The summed E-state index contributed by atoms with van der Waals surface area (Å²) in [6.45, 7) is 16.5. The van der Waals surface area contributed by atoms with Gasteiger partial charge in [-0.05, 0) is 34.6 Å². The monoisotopic (exact) mass is 389 g/mol. The molecule has 3 nitrogen and oxygen atoms in total. The van der Waals surface area contributed by atoms with Gasteiger partial charge >= 0.3 is 0 Å². The fraction of sp³-hybridized carbons (Fsp3) is 0.429. The van der Waals surface area contributed by atoms with Gasteiger partial charge in [-0.15, -0.1) is 6.58 Å². The van der Waals surface area contributed by atoms with Crippen molar-refractivity contribution >= 4 is 40.3 Å². The maximum absolute atomic E-state index is 12.6. The van der Waals surface area contributed by atoms with Gasteiger partial charge in [-0.1, -0.05) is 71.6 Å². The molecule has 1 amide bonds. The number of hydrogen-bond acceptors (Lipinski definition) is 4. The molecule has 2 rings (SSSR count). The van der Waals surface area contributed by atoms with Crippen LogP contribution in [0, 0.1) is 0 Å². The molecule has 5 heteroatoms. The Labute approximate surface area is 166 Å². The molecular formula is C21H27NO2S2. The number of hydrogen-bond donors (Lipinski definition) is 1. The van der Waals surface area contributed by atoms with Crippen LogP contribution in [0.2, 0.25) is 0 Å². The van der Waals surface area contributed by atoms with Crippen molar-refractivity contribution in [1.29, 1.82) is 0 Å². The van der Waals surface area contributed by atoms with Crippen molar-refractivity contribution in [2.45, 2.75) is 52.4 Å². The number of aromatic hydroxyl groups is 1. The van der Waals surface area contributed by atoms with Crippen molar-refractivity contribution in [2.24, 2.45) is 0 Å². The number of phenolic OH excluding ortho intramolecular Hbond substituents is 1. The Hall–Kier alpha value is -1.59. The topological polar surface area (TPSA) is 40.5 Å². The van der Waals surface area contributed by atoms with E-state index < -0.39 is 0 Å². The number of thiocarbonyl (C=S) groups is 1. The van der Waals surface area contributed by atoms with E-state index in [1.54, 1.807) is 11.0 Å². The lowest BCUT2D eigenvalue weighted by Crippen LogP contribution is -2.27. The lowest BCUT2D eigenvalue weighted by molar-refractivity contribution is -0.121. The number of phenols is 1. The van der Waals surface area contributed by atoms with E-state index in [0.717, 1.165) is 16.7 Å². The van der Waals surface area contributed by atoms with Crippen LogP contribution in [-0.4, -0.2) is 26.8 Å². The number of rotatable bonds is 3. The first-order valence-corrected chi connectivity index (χ1v) is 9.83. The summed E-state index contributed by atoms with van der Waals surface area (Å²) >= 11 is 6.61. The van der Waals surface area contributed by atoms with Gasteiger partial charge in [0.1, 0.15) is 10.1 Å². The molecule has 0 aliphatic carbocycles. The van der Waals surface area contributed by atoms with Crippen LogP contribution in [0.25, 0.3) is 6.08 Å². The molecule has 1 aromatic rings. The van der Waals surface area contributed by atoms with Gasteiger partial charge in [-0.25, -0.2) is 0 Å². The fourth-order valence-corrected chi connectivity index (χ4v) is 4.10. The molecule has 0 spiro atoms. The summed E-state index contributed by atoms with van der Waals surface area (Å²) in [6, 6.07) is 3.93. The van der Waals surface area contributed by atoms with Crippen LogP contribution in [0.15, 0.2) is 29.7 Å². The molecule has 26 heavy (non-hydrogen) atoms. The average molecular weight is 390 g/mol. The number of benzene rings is 1. The lowest BCUT2D eigenvalue weighted by atomic mass is 9.78. The van der Waals surface area contributed by atoms with E-state index in [9.17, 15) is 9.90 Å². The van der Waals surface area contributed by atoms with Crippen LogP contribution >= 0.6 is 24.0 Å². The van der Waals surface area contributed by atoms with Crippen LogP contribution in [0.3, 0.4) is 0 Å². The highest BCUT2D eigenvalue weighted by molar-refractivity contribution is 8.26. The standard InChI is InChI=1S/C21H27NO2S2/c1-8-9-22-18(24)16(26-19(22)25)12-13-10-14(20(2,3)4)17(23)15(11-13)21(5,6)7/h8,10-12,23H,1,9H2,2-7H3/b16-12+. The number of carbonyl (C=O) groups is 1. The highest BCUT2D eigenvalue weighted by Gasteiger charge is 2.32. The highest BCUT2D eigenvalue weighted by Crippen LogP contribution is 2.41. The third kappa shape index (κ3) is 4.21. The predicted molar refractivity (Wildman–Crippen MR) is 116 cm³/mol. The quantitative estimate of drug-likeness (QED) is 0.428. The lowest BCUT2D eigenvalue weighted by Gasteiger charge is -2.28. The van der Waals surface area contributed by atoms with E-state index in [0.29, 0.717) is 21.5 Å². The summed E-state index contributed by atoms with van der Waals surface area (Å²) in [7, 11) is 0. The number of amides is 1. The molecule has 1 N–H and O–H groups in total. The summed E-state index contributed by atoms with van der Waals surface area (Å²) in [5.41, 5.74) is 2.22. The Morgan fingerprint density at radius 2 is 1.65 bits per heavy atom. The minimum Gasteiger partial charge on any atom is -0.507 e. The fourth-order valence-electron chi connectivity index (χ4n) is 2.82. The van der Waals surface area contributed by atoms with E-state index in [1.165, 1.54) is 11.8 Å². The second-order valence-electron chi connectivity index (χ2n) is 8.55. The van der Waals surface area contributed by atoms with Crippen molar-refractivity contribution in [1.82, 2.24) is 4.90 Å². The SMILES string of the molecule is C=CCN1C(=O)/C(=C\c2cc(C(C)(C)C)c(O)c(C(C)(C)C)c2)SC1=S. The highest BCUT2D eigenvalue weighted by atomic mass is 32.2. The summed E-state index contributed by atoms with van der Waals surface area (Å²) < 4.78 is 0.548. The molecule has 1 aliphatic heterocycles. The zero-order chi connectivity index (χ0) is 19.9. The van der Waals surface area contributed by atoms with Crippen molar-refractivity contribution in [3.05, 3.63) is 46.4 Å². The summed E-state index contributed by atoms with van der Waals surface area (Å²) in [6.07, 6.45) is 3.54. The van der Waals surface area contributed by atoms with Gasteiger partial charge in [0.2, 0.25) is 0 Å². The second kappa shape index (κ2) is 7.20. The normalized spacial score (nSPS) is 17.3. The van der Waals surface area contributed by atoms with Crippen LogP contribution in [0.1, 0.15) is 58.2 Å². The molecule has 0 atom stereocenters. The first-order chi connectivity index (χ1) is 11.9. The molecule has 0 unspecified atom stereocenters. The molecule has 0 radical (unpaired) electrons. The van der Waals surface area contributed by atoms with Crippen LogP contribution < -0.4 is 0 Å². The molecule has 0 aromatic heterocycles. The predicted octanol–water partition coefficient (Wildman–Crippen LogP) is 5.37. The third-order valence-electron chi connectivity index (χ3n) is 4.23. The maximum atomic E-state index is 12.6. The smallest absolute Gasteiger partial charge is 0.266 e. The van der Waals surface area contributed by atoms with Crippen molar-refractivity contribution < 1.29 is 9.90 Å². The van der Waals surface area contributed by atoms with Crippen molar-refractivity contribution in [3.8, 4) is 5.75 Å². The average Bonchev–Trinajstić information content (AvgIpc) is 2.74. The van der Waals surface area contributed by atoms with Gasteiger partial charge in [-0.3, -0.25) is 9.69 Å². The van der Waals surface area contributed by atoms with E-state index in [4.69, 9.17) is 12.2 Å². The molecule has 1 fully saturated rings. The van der Waals surface area contributed by atoms with E-state index in [2.05, 4.69) is 48.1 Å². The Balaban J connectivity index is 2.59. The Morgan fingerprint density at radius 1 is 1.15 bits per heavy atom. The number of thioether (sulfide) groups is 1. The first-order valence-electron chi connectivity index (χ1n) is 8.60. The van der Waals surface area contributed by atoms with Gasteiger partial charge in [0, 0.05) is 17.7 Å². The van der Waals surface area contributed by atoms with Crippen molar-refractivity contribution in [3.63, 3.8) is 0 Å². The zero-order valence-corrected chi connectivity index (χ0v) is 18.0. The molecule has 0 bridgehead atoms. The third-order valence-corrected chi connectivity index (χ3v) is 5.61. The van der Waals surface area contributed by atoms with Crippen LogP contribution in [-0.2, 0) is 15.6 Å². The van der Waals surface area contributed by atoms with E-state index in [-0.39, 0.29) is 16.7 Å². The minimum atomic E-state index is -0.213. The first kappa shape index (κ1) is 20.7. The number of nitrogens with zero attached hydrogens (tertiary/aromatic N) is 1. The van der Waals surface area contributed by atoms with Gasteiger partial charge in [-0.2, -0.15) is 0 Å². The van der Waals surface area contributed by atoms with Crippen LogP contribution in [0.4, 0.5) is 0 Å². The molecule has 1 aliphatic rings. The molecule has 140 valence electrons. The molecule has 1 heterocycles. The van der Waals surface area contributed by atoms with Crippen molar-refractivity contribution in [2.75, 3.05) is 6.54 Å². The Kier molecular flexibility index (Phi) is 5.74. The van der Waals surface area contributed by atoms with Gasteiger partial charge < -0.3 is 5.11 Å². The largest absolute Gasteiger partial charge is 0.507 e. The van der Waals surface area contributed by atoms with E-state index >= 15 is 0 Å².